The van der Waals surface area contributed by atoms with Gasteiger partial charge in [-0.05, 0) is 143 Å². The fourth-order valence-electron chi connectivity index (χ4n) is 12.5. The minimum absolute atomic E-state index is 0.0820. The molecule has 59 heavy (non-hydrogen) atoms. The standard InChI is InChI=1S/C57H48N2/c1-37-32-39-34-38(2)57(43(33-37)35-39)52-18-8-5-15-48(52)51-36-46(30-31-53(51)57)58(54-21-11-13-42-12-3-4-14-47(42)54)44-26-22-40(23-27-44)41-24-28-45(29-25-41)59-55-19-9-6-16-49(55)50-17-7-10-20-56(50)59/h3-31,36-39,43H,32-35H2,1-2H3/t37-,38+,39-,43-,57?/m0/s1. The van der Waals surface area contributed by atoms with Gasteiger partial charge >= 0.3 is 0 Å². The van der Waals surface area contributed by atoms with Gasteiger partial charge in [-0.2, -0.15) is 0 Å². The molecule has 5 atom stereocenters. The first-order valence-electron chi connectivity index (χ1n) is 21.8. The third-order valence-electron chi connectivity index (χ3n) is 14.7. The molecule has 2 saturated carbocycles. The molecule has 1 heterocycles. The van der Waals surface area contributed by atoms with Crippen LogP contribution in [-0.2, 0) is 5.41 Å². The molecule has 12 rings (SSSR count). The maximum Gasteiger partial charge on any atom is 0.0541 e. The highest BCUT2D eigenvalue weighted by molar-refractivity contribution is 6.09. The van der Waals surface area contributed by atoms with Crippen molar-refractivity contribution in [3.05, 3.63) is 193 Å². The number of fused-ring (bicyclic) bond motifs is 12. The number of benzene rings is 8. The number of hydrogen-bond acceptors (Lipinski definition) is 1. The first-order chi connectivity index (χ1) is 29.1. The van der Waals surface area contributed by atoms with E-state index in [-0.39, 0.29) is 5.41 Å². The SMILES string of the molecule is C[C@H]1C[C@@H]2C[C@H](C1)C1(c3ccccc3-c3cc(N(c4ccc(-c5ccc(-n6c7ccccc7c7ccccc76)cc5)cc4)c4cccc5ccccc45)ccc31)[C@H](C)C2. The molecule has 0 aliphatic heterocycles. The van der Waals surface area contributed by atoms with Crippen LogP contribution in [0.15, 0.2) is 182 Å². The smallest absolute Gasteiger partial charge is 0.0541 e. The zero-order valence-corrected chi connectivity index (χ0v) is 33.9. The number of anilines is 3. The van der Waals surface area contributed by atoms with E-state index in [4.69, 9.17) is 0 Å². The van der Waals surface area contributed by atoms with E-state index >= 15 is 0 Å². The van der Waals surface area contributed by atoms with E-state index in [0.717, 1.165) is 17.5 Å². The monoisotopic (exact) mass is 760 g/mol. The molecule has 1 unspecified atom stereocenters. The van der Waals surface area contributed by atoms with Crippen molar-refractivity contribution in [2.24, 2.45) is 23.7 Å². The fraction of sp³-hybridized carbons (Fsp3) is 0.193. The van der Waals surface area contributed by atoms with E-state index < -0.39 is 0 Å². The van der Waals surface area contributed by atoms with Crippen LogP contribution in [0, 0.1) is 23.7 Å². The number of para-hydroxylation sites is 2. The van der Waals surface area contributed by atoms with Crippen LogP contribution in [0.25, 0.3) is 60.5 Å². The quantitative estimate of drug-likeness (QED) is 0.170. The molecule has 1 aromatic heterocycles. The van der Waals surface area contributed by atoms with Gasteiger partial charge in [0, 0.05) is 38.6 Å². The first kappa shape index (κ1) is 34.6. The largest absolute Gasteiger partial charge is 0.310 e. The second kappa shape index (κ2) is 13.3. The molecular formula is C57H48N2. The van der Waals surface area contributed by atoms with Gasteiger partial charge in [-0.1, -0.05) is 141 Å². The first-order valence-corrected chi connectivity index (χ1v) is 21.8. The molecule has 0 N–H and O–H groups in total. The normalized spacial score (nSPS) is 21.9. The van der Waals surface area contributed by atoms with Gasteiger partial charge in [0.2, 0.25) is 0 Å². The predicted molar refractivity (Wildman–Crippen MR) is 248 cm³/mol. The zero-order chi connectivity index (χ0) is 39.2. The van der Waals surface area contributed by atoms with Gasteiger partial charge in [0.25, 0.3) is 0 Å². The molecule has 2 bridgehead atoms. The van der Waals surface area contributed by atoms with Gasteiger partial charge < -0.3 is 9.47 Å². The molecule has 8 aromatic carbocycles. The maximum absolute atomic E-state index is 2.57. The Morgan fingerprint density at radius 2 is 1.10 bits per heavy atom. The second-order valence-corrected chi connectivity index (χ2v) is 18.0. The van der Waals surface area contributed by atoms with Crippen molar-refractivity contribution in [2.45, 2.75) is 44.9 Å². The number of rotatable bonds is 5. The molecule has 0 radical (unpaired) electrons. The lowest BCUT2D eigenvalue weighted by molar-refractivity contribution is 0.0426. The molecule has 286 valence electrons. The summed E-state index contributed by atoms with van der Waals surface area (Å²) in [5, 5.41) is 5.06. The summed E-state index contributed by atoms with van der Waals surface area (Å²) in [6.45, 7) is 5.07. The van der Waals surface area contributed by atoms with E-state index in [1.54, 1.807) is 11.1 Å². The Labute approximate surface area is 347 Å². The molecule has 0 saturated heterocycles. The third kappa shape index (κ3) is 5.18. The van der Waals surface area contributed by atoms with E-state index in [2.05, 4.69) is 205 Å². The molecule has 3 aliphatic rings. The fourth-order valence-corrected chi connectivity index (χ4v) is 12.5. The summed E-state index contributed by atoms with van der Waals surface area (Å²) < 4.78 is 2.39. The number of nitrogens with zero attached hydrogens (tertiary/aromatic N) is 2. The van der Waals surface area contributed by atoms with E-state index in [9.17, 15) is 0 Å². The summed E-state index contributed by atoms with van der Waals surface area (Å²) in [5.74, 6) is 2.96. The Hall–Kier alpha value is -6.38. The van der Waals surface area contributed by atoms with Crippen LogP contribution in [-0.4, -0.2) is 4.57 Å². The van der Waals surface area contributed by atoms with Crippen molar-refractivity contribution < 1.29 is 0 Å². The zero-order valence-electron chi connectivity index (χ0n) is 33.9. The van der Waals surface area contributed by atoms with Crippen LogP contribution in [0.3, 0.4) is 0 Å². The average Bonchev–Trinajstić information content (AvgIpc) is 3.77. The lowest BCUT2D eigenvalue weighted by atomic mass is 9.49. The Morgan fingerprint density at radius 3 is 1.86 bits per heavy atom. The summed E-state index contributed by atoms with van der Waals surface area (Å²) in [6, 6.07) is 68.2. The van der Waals surface area contributed by atoms with Crippen LogP contribution in [0.4, 0.5) is 17.1 Å². The highest BCUT2D eigenvalue weighted by Gasteiger charge is 2.56. The van der Waals surface area contributed by atoms with Crippen molar-refractivity contribution in [1.82, 2.24) is 4.57 Å². The highest BCUT2D eigenvalue weighted by Crippen LogP contribution is 2.65. The minimum atomic E-state index is 0.0820. The lowest BCUT2D eigenvalue weighted by Crippen LogP contribution is -2.49. The molecule has 2 nitrogen and oxygen atoms in total. The van der Waals surface area contributed by atoms with E-state index in [1.165, 1.54) is 97.6 Å². The van der Waals surface area contributed by atoms with E-state index in [0.29, 0.717) is 11.8 Å². The predicted octanol–water partition coefficient (Wildman–Crippen LogP) is 15.4. The van der Waals surface area contributed by atoms with Crippen molar-refractivity contribution in [3.8, 4) is 27.9 Å². The highest BCUT2D eigenvalue weighted by atomic mass is 15.1. The summed E-state index contributed by atoms with van der Waals surface area (Å²) in [6.07, 6.45) is 5.42. The van der Waals surface area contributed by atoms with Crippen LogP contribution in [0.1, 0.15) is 50.7 Å². The molecule has 0 amide bonds. The van der Waals surface area contributed by atoms with Crippen LogP contribution in [0.5, 0.6) is 0 Å². The van der Waals surface area contributed by atoms with Gasteiger partial charge in [-0.15, -0.1) is 0 Å². The Morgan fingerprint density at radius 1 is 0.492 bits per heavy atom. The van der Waals surface area contributed by atoms with E-state index in [1.807, 2.05) is 0 Å². The molecule has 2 heteroatoms. The van der Waals surface area contributed by atoms with Gasteiger partial charge in [0.1, 0.15) is 0 Å². The Kier molecular flexibility index (Phi) is 7.83. The summed E-state index contributed by atoms with van der Waals surface area (Å²) >= 11 is 0. The Balaban J connectivity index is 0.961. The van der Waals surface area contributed by atoms with Gasteiger partial charge in [0.05, 0.1) is 16.7 Å². The van der Waals surface area contributed by atoms with Crippen LogP contribution < -0.4 is 4.90 Å². The topological polar surface area (TPSA) is 8.17 Å². The third-order valence-corrected chi connectivity index (χ3v) is 14.7. The molecular weight excluding hydrogens is 713 g/mol. The van der Waals surface area contributed by atoms with Crippen LogP contribution in [0.2, 0.25) is 0 Å². The molecule has 9 aromatic rings. The van der Waals surface area contributed by atoms with Crippen molar-refractivity contribution >= 4 is 49.6 Å². The van der Waals surface area contributed by atoms with Gasteiger partial charge in [0.15, 0.2) is 0 Å². The van der Waals surface area contributed by atoms with Crippen molar-refractivity contribution in [3.63, 3.8) is 0 Å². The Bertz CT molecular complexity index is 3000. The number of aromatic nitrogens is 1. The van der Waals surface area contributed by atoms with Crippen LogP contribution >= 0.6 is 0 Å². The second-order valence-electron chi connectivity index (χ2n) is 18.0. The minimum Gasteiger partial charge on any atom is -0.310 e. The summed E-state index contributed by atoms with van der Waals surface area (Å²) in [7, 11) is 0. The average molecular weight is 761 g/mol. The summed E-state index contributed by atoms with van der Waals surface area (Å²) in [4.78, 5) is 2.49. The van der Waals surface area contributed by atoms with Gasteiger partial charge in [-0.3, -0.25) is 0 Å². The van der Waals surface area contributed by atoms with Crippen molar-refractivity contribution in [2.75, 3.05) is 4.90 Å². The van der Waals surface area contributed by atoms with Crippen molar-refractivity contribution in [1.29, 1.82) is 0 Å². The molecule has 2 fully saturated rings. The van der Waals surface area contributed by atoms with Gasteiger partial charge in [-0.25, -0.2) is 0 Å². The molecule has 1 spiro atoms. The number of hydrogen-bond donors (Lipinski definition) is 0. The lowest BCUT2D eigenvalue weighted by Gasteiger charge is -2.54. The maximum atomic E-state index is 2.57. The molecule has 3 aliphatic carbocycles. The summed E-state index contributed by atoms with van der Waals surface area (Å²) in [5.41, 5.74) is 15.7.